The zero-order valence-electron chi connectivity index (χ0n) is 7.90. The maximum atomic E-state index is 11.8. The first-order chi connectivity index (χ1) is 6.83. The van der Waals surface area contributed by atoms with Crippen molar-refractivity contribution in [3.63, 3.8) is 0 Å². The second-order valence-electron chi connectivity index (χ2n) is 3.66. The van der Waals surface area contributed by atoms with Crippen LogP contribution in [0.2, 0.25) is 0 Å². The van der Waals surface area contributed by atoms with Crippen molar-refractivity contribution >= 4 is 12.1 Å². The number of carbonyl (C=O) groups is 2. The number of aryl methyl sites for hydroxylation is 1. The highest BCUT2D eigenvalue weighted by molar-refractivity contribution is 6.06. The van der Waals surface area contributed by atoms with Crippen LogP contribution in [0.5, 0.6) is 0 Å². The van der Waals surface area contributed by atoms with E-state index in [1.165, 1.54) is 0 Å². The van der Waals surface area contributed by atoms with Crippen LogP contribution in [-0.2, 0) is 11.2 Å². The van der Waals surface area contributed by atoms with Gasteiger partial charge >= 0.3 is 0 Å². The van der Waals surface area contributed by atoms with Gasteiger partial charge in [-0.05, 0) is 24.8 Å². The molecule has 2 nitrogen and oxygen atoms in total. The molecule has 0 fully saturated rings. The molecule has 1 atom stereocenters. The first-order valence-electron chi connectivity index (χ1n) is 4.90. The van der Waals surface area contributed by atoms with E-state index in [1.807, 2.05) is 24.3 Å². The van der Waals surface area contributed by atoms with Crippen LogP contribution in [0.4, 0.5) is 0 Å². The van der Waals surface area contributed by atoms with Crippen molar-refractivity contribution in [3.05, 3.63) is 35.4 Å². The van der Waals surface area contributed by atoms with E-state index in [4.69, 9.17) is 0 Å². The zero-order chi connectivity index (χ0) is 9.97. The van der Waals surface area contributed by atoms with Crippen molar-refractivity contribution in [2.75, 3.05) is 0 Å². The third-order valence-electron chi connectivity index (χ3n) is 2.75. The standard InChI is InChI=1S/C12H12O2/c13-8-10-6-3-5-9-4-1-2-7-11(9)12(10)14/h1-2,4,7-8,10H,3,5-6H2. The lowest BCUT2D eigenvalue weighted by atomic mass is 9.96. The van der Waals surface area contributed by atoms with Crippen molar-refractivity contribution in [1.82, 2.24) is 0 Å². The SMILES string of the molecule is O=CC1CCCc2ccccc2C1=O. The number of hydrogen-bond donors (Lipinski definition) is 0. The molecule has 0 N–H and O–H groups in total. The van der Waals surface area contributed by atoms with Crippen LogP contribution in [-0.4, -0.2) is 12.1 Å². The van der Waals surface area contributed by atoms with E-state index < -0.39 is 5.92 Å². The summed E-state index contributed by atoms with van der Waals surface area (Å²) in [5, 5.41) is 0. The van der Waals surface area contributed by atoms with E-state index in [0.29, 0.717) is 6.42 Å². The van der Waals surface area contributed by atoms with Crippen LogP contribution in [0.25, 0.3) is 0 Å². The highest BCUT2D eigenvalue weighted by Crippen LogP contribution is 2.23. The summed E-state index contributed by atoms with van der Waals surface area (Å²) >= 11 is 0. The van der Waals surface area contributed by atoms with Gasteiger partial charge in [-0.1, -0.05) is 24.3 Å². The van der Waals surface area contributed by atoms with Gasteiger partial charge in [0, 0.05) is 5.56 Å². The average Bonchev–Trinajstić information content (AvgIpc) is 2.39. The van der Waals surface area contributed by atoms with Gasteiger partial charge in [-0.15, -0.1) is 0 Å². The summed E-state index contributed by atoms with van der Waals surface area (Å²) in [5.41, 5.74) is 1.82. The van der Waals surface area contributed by atoms with Gasteiger partial charge in [-0.3, -0.25) is 4.79 Å². The molecule has 0 saturated heterocycles. The predicted molar refractivity (Wildman–Crippen MR) is 53.3 cm³/mol. The summed E-state index contributed by atoms with van der Waals surface area (Å²) in [6, 6.07) is 7.58. The molecule has 0 spiro atoms. The number of aldehydes is 1. The Morgan fingerprint density at radius 3 is 2.86 bits per heavy atom. The summed E-state index contributed by atoms with van der Waals surface area (Å²) in [6.45, 7) is 0. The van der Waals surface area contributed by atoms with Crippen molar-refractivity contribution in [2.24, 2.45) is 5.92 Å². The fraction of sp³-hybridized carbons (Fsp3) is 0.333. The number of ketones is 1. The fourth-order valence-electron chi connectivity index (χ4n) is 1.95. The minimum absolute atomic E-state index is 0.00639. The van der Waals surface area contributed by atoms with Crippen LogP contribution >= 0.6 is 0 Å². The molecule has 0 aliphatic heterocycles. The largest absolute Gasteiger partial charge is 0.303 e. The number of Topliss-reactive ketones (excluding diaryl/α,β-unsaturated/α-hetero) is 1. The molecule has 0 heterocycles. The van der Waals surface area contributed by atoms with E-state index in [0.717, 1.165) is 30.3 Å². The number of hydrogen-bond acceptors (Lipinski definition) is 2. The van der Waals surface area contributed by atoms with Crippen LogP contribution in [0.3, 0.4) is 0 Å². The lowest BCUT2D eigenvalue weighted by Crippen LogP contribution is -2.14. The molecule has 0 saturated carbocycles. The summed E-state index contributed by atoms with van der Waals surface area (Å²) in [7, 11) is 0. The van der Waals surface area contributed by atoms with Crippen LogP contribution in [0.15, 0.2) is 24.3 Å². The van der Waals surface area contributed by atoms with Crippen molar-refractivity contribution in [3.8, 4) is 0 Å². The van der Waals surface area contributed by atoms with E-state index in [2.05, 4.69) is 0 Å². The second kappa shape index (κ2) is 3.74. The minimum atomic E-state index is -0.418. The maximum Gasteiger partial charge on any atom is 0.173 e. The second-order valence-corrected chi connectivity index (χ2v) is 3.66. The Balaban J connectivity index is 2.44. The molecule has 0 aromatic heterocycles. The number of fused-ring (bicyclic) bond motifs is 1. The lowest BCUT2D eigenvalue weighted by molar-refractivity contribution is -0.110. The fourth-order valence-corrected chi connectivity index (χ4v) is 1.95. The van der Waals surface area contributed by atoms with Gasteiger partial charge in [0.1, 0.15) is 6.29 Å². The smallest absolute Gasteiger partial charge is 0.173 e. The van der Waals surface area contributed by atoms with Gasteiger partial charge in [0.25, 0.3) is 0 Å². The van der Waals surface area contributed by atoms with E-state index in [1.54, 1.807) is 0 Å². The zero-order valence-corrected chi connectivity index (χ0v) is 7.90. The highest BCUT2D eigenvalue weighted by atomic mass is 16.1. The Hall–Kier alpha value is -1.44. The molecule has 14 heavy (non-hydrogen) atoms. The molecule has 0 amide bonds. The summed E-state index contributed by atoms with van der Waals surface area (Å²) < 4.78 is 0. The van der Waals surface area contributed by atoms with E-state index in [-0.39, 0.29) is 5.78 Å². The highest BCUT2D eigenvalue weighted by Gasteiger charge is 2.24. The molecule has 1 aliphatic carbocycles. The molecule has 1 aromatic carbocycles. The monoisotopic (exact) mass is 188 g/mol. The molecule has 0 bridgehead atoms. The van der Waals surface area contributed by atoms with E-state index in [9.17, 15) is 9.59 Å². The third kappa shape index (κ3) is 1.48. The number of rotatable bonds is 1. The van der Waals surface area contributed by atoms with Gasteiger partial charge in [0.05, 0.1) is 5.92 Å². The Morgan fingerprint density at radius 1 is 1.29 bits per heavy atom. The third-order valence-corrected chi connectivity index (χ3v) is 2.75. The molecule has 1 unspecified atom stereocenters. The molecular weight excluding hydrogens is 176 g/mol. The first-order valence-corrected chi connectivity index (χ1v) is 4.90. The van der Waals surface area contributed by atoms with Gasteiger partial charge in [-0.25, -0.2) is 0 Å². The molecular formula is C12H12O2. The van der Waals surface area contributed by atoms with Crippen molar-refractivity contribution in [1.29, 1.82) is 0 Å². The van der Waals surface area contributed by atoms with Crippen LogP contribution in [0, 0.1) is 5.92 Å². The van der Waals surface area contributed by atoms with Gasteiger partial charge in [0.15, 0.2) is 5.78 Å². The Bertz CT molecular complexity index is 368. The van der Waals surface area contributed by atoms with Crippen LogP contribution < -0.4 is 0 Å². The van der Waals surface area contributed by atoms with Crippen molar-refractivity contribution < 1.29 is 9.59 Å². The van der Waals surface area contributed by atoms with Crippen LogP contribution in [0.1, 0.15) is 28.8 Å². The van der Waals surface area contributed by atoms with Crippen molar-refractivity contribution in [2.45, 2.75) is 19.3 Å². The van der Waals surface area contributed by atoms with E-state index >= 15 is 0 Å². The first kappa shape index (κ1) is 9.13. The maximum absolute atomic E-state index is 11.8. The minimum Gasteiger partial charge on any atom is -0.303 e. The van der Waals surface area contributed by atoms with Gasteiger partial charge in [-0.2, -0.15) is 0 Å². The summed E-state index contributed by atoms with van der Waals surface area (Å²) in [4.78, 5) is 22.5. The average molecular weight is 188 g/mol. The molecule has 72 valence electrons. The Kier molecular flexibility index (Phi) is 2.44. The molecule has 1 aromatic rings. The quantitative estimate of drug-likeness (QED) is 0.384. The molecule has 1 aliphatic rings. The topological polar surface area (TPSA) is 34.1 Å². The Morgan fingerprint density at radius 2 is 2.07 bits per heavy atom. The predicted octanol–water partition coefficient (Wildman–Crippen LogP) is 2.02. The number of carbonyl (C=O) groups excluding carboxylic acids is 2. The molecule has 0 radical (unpaired) electrons. The Labute approximate surface area is 82.9 Å². The van der Waals surface area contributed by atoms with Gasteiger partial charge in [0.2, 0.25) is 0 Å². The molecule has 2 rings (SSSR count). The number of benzene rings is 1. The summed E-state index contributed by atoms with van der Waals surface area (Å²) in [6.07, 6.45) is 3.31. The lowest BCUT2D eigenvalue weighted by Gasteiger charge is -2.05. The normalized spacial score (nSPS) is 21.1. The molecule has 2 heteroatoms. The van der Waals surface area contributed by atoms with Gasteiger partial charge < -0.3 is 4.79 Å². The summed E-state index contributed by atoms with van der Waals surface area (Å²) in [5.74, 6) is -0.424.